The topological polar surface area (TPSA) is 57.9 Å². The molecule has 1 aromatic heterocycles. The Morgan fingerprint density at radius 2 is 1.44 bits per heavy atom. The van der Waals surface area contributed by atoms with Crippen molar-refractivity contribution < 1.29 is 4.79 Å². The van der Waals surface area contributed by atoms with Gasteiger partial charge in [0.05, 0.1) is 5.71 Å². The zero-order valence-electron chi connectivity index (χ0n) is 14.9. The average Bonchev–Trinajstić information content (AvgIpc) is 3.02. The van der Waals surface area contributed by atoms with Crippen molar-refractivity contribution in [2.24, 2.45) is 7.05 Å². The molecule has 0 spiro atoms. The molecule has 4 nitrogen and oxygen atoms in total. The second-order valence-electron chi connectivity index (χ2n) is 6.36. The van der Waals surface area contributed by atoms with Crippen molar-refractivity contribution in [3.8, 4) is 0 Å². The monoisotopic (exact) mass is 353 g/mol. The number of aryl methyl sites for hydroxylation is 1. The van der Waals surface area contributed by atoms with E-state index in [0.29, 0.717) is 17.0 Å². The van der Waals surface area contributed by atoms with Crippen molar-refractivity contribution in [3.63, 3.8) is 0 Å². The van der Waals surface area contributed by atoms with Gasteiger partial charge < -0.3 is 9.88 Å². The summed E-state index contributed by atoms with van der Waals surface area (Å²) in [5.74, 6) is -0.226. The highest BCUT2D eigenvalue weighted by Crippen LogP contribution is 2.28. The normalized spacial score (nSPS) is 10.7. The number of hydrogen-bond donors (Lipinski definition) is 2. The van der Waals surface area contributed by atoms with Crippen LogP contribution in [0, 0.1) is 5.41 Å². The van der Waals surface area contributed by atoms with Gasteiger partial charge in [-0.2, -0.15) is 0 Å². The molecule has 2 N–H and O–H groups in total. The maximum atomic E-state index is 13.1. The maximum absolute atomic E-state index is 13.1. The molecule has 3 aromatic carbocycles. The van der Waals surface area contributed by atoms with Gasteiger partial charge in [0.15, 0.2) is 0 Å². The molecule has 0 saturated heterocycles. The largest absolute Gasteiger partial charge is 0.339 e. The lowest BCUT2D eigenvalue weighted by atomic mass is 9.99. The summed E-state index contributed by atoms with van der Waals surface area (Å²) in [6.07, 6.45) is 0. The van der Waals surface area contributed by atoms with E-state index in [1.165, 1.54) is 0 Å². The molecule has 0 unspecified atom stereocenters. The van der Waals surface area contributed by atoms with Gasteiger partial charge in [0, 0.05) is 34.8 Å². The number of rotatable bonds is 4. The predicted octanol–water partition coefficient (Wildman–Crippen LogP) is 4.85. The van der Waals surface area contributed by atoms with Gasteiger partial charge in [-0.15, -0.1) is 0 Å². The van der Waals surface area contributed by atoms with Crippen LogP contribution in [-0.4, -0.2) is 16.2 Å². The Morgan fingerprint density at radius 3 is 2.15 bits per heavy atom. The van der Waals surface area contributed by atoms with Gasteiger partial charge in [-0.25, -0.2) is 0 Å². The van der Waals surface area contributed by atoms with Gasteiger partial charge in [-0.05, 0) is 18.2 Å². The van der Waals surface area contributed by atoms with E-state index in [-0.39, 0.29) is 5.91 Å². The summed E-state index contributed by atoms with van der Waals surface area (Å²) in [7, 11) is 1.87. The number of anilines is 1. The summed E-state index contributed by atoms with van der Waals surface area (Å²) in [6, 6.07) is 26.7. The number of hydrogen-bond acceptors (Lipinski definition) is 2. The van der Waals surface area contributed by atoms with Crippen LogP contribution in [0.4, 0.5) is 5.69 Å². The number of nitrogens with one attached hydrogen (secondary N) is 2. The highest BCUT2D eigenvalue weighted by molar-refractivity contribution is 6.24. The standard InChI is InChI=1S/C23H19N3O/c1-26-19-15-9-8-14-18(19)20(21(24)16-10-4-2-5-11-16)22(26)23(27)25-17-12-6-3-7-13-17/h2-15,24H,1H3,(H,25,27). The quantitative estimate of drug-likeness (QED) is 0.506. The fourth-order valence-corrected chi connectivity index (χ4v) is 3.37. The number of para-hydroxylation sites is 2. The molecule has 1 amide bonds. The van der Waals surface area contributed by atoms with Crippen LogP contribution >= 0.6 is 0 Å². The summed E-state index contributed by atoms with van der Waals surface area (Å²) in [4.78, 5) is 13.1. The SMILES string of the molecule is Cn1c(C(=O)Nc2ccccc2)c(C(=N)c2ccccc2)c2ccccc21. The number of carbonyl (C=O) groups excluding carboxylic acids is 1. The molecule has 1 heterocycles. The van der Waals surface area contributed by atoms with Gasteiger partial charge in [-0.3, -0.25) is 10.2 Å². The van der Waals surface area contributed by atoms with Gasteiger partial charge in [0.1, 0.15) is 5.69 Å². The third-order valence-corrected chi connectivity index (χ3v) is 4.67. The van der Waals surface area contributed by atoms with E-state index in [2.05, 4.69) is 5.32 Å². The molecule has 4 aromatic rings. The van der Waals surface area contributed by atoms with Crippen LogP contribution in [0.3, 0.4) is 0 Å². The van der Waals surface area contributed by atoms with Crippen LogP contribution in [0.15, 0.2) is 84.9 Å². The van der Waals surface area contributed by atoms with Crippen LogP contribution < -0.4 is 5.32 Å². The first-order valence-electron chi connectivity index (χ1n) is 8.75. The predicted molar refractivity (Wildman–Crippen MR) is 110 cm³/mol. The van der Waals surface area contributed by atoms with Crippen LogP contribution in [0.25, 0.3) is 10.9 Å². The van der Waals surface area contributed by atoms with Crippen molar-refractivity contribution in [1.82, 2.24) is 4.57 Å². The minimum atomic E-state index is -0.226. The molecule has 0 bridgehead atoms. The first-order chi connectivity index (χ1) is 13.2. The van der Waals surface area contributed by atoms with E-state index in [1.807, 2.05) is 96.5 Å². The van der Waals surface area contributed by atoms with E-state index in [0.717, 1.165) is 22.2 Å². The number of fused-ring (bicyclic) bond motifs is 1. The lowest BCUT2D eigenvalue weighted by molar-refractivity contribution is 0.101. The molecule has 0 atom stereocenters. The molecule has 0 saturated carbocycles. The molecule has 0 aliphatic heterocycles. The fraction of sp³-hybridized carbons (Fsp3) is 0.0435. The minimum absolute atomic E-state index is 0.226. The Bertz CT molecular complexity index is 1130. The molecular weight excluding hydrogens is 334 g/mol. The highest BCUT2D eigenvalue weighted by atomic mass is 16.2. The van der Waals surface area contributed by atoms with Gasteiger partial charge >= 0.3 is 0 Å². The van der Waals surface area contributed by atoms with E-state index < -0.39 is 0 Å². The zero-order chi connectivity index (χ0) is 18.8. The molecule has 132 valence electrons. The molecule has 0 radical (unpaired) electrons. The van der Waals surface area contributed by atoms with E-state index in [4.69, 9.17) is 5.41 Å². The first-order valence-corrected chi connectivity index (χ1v) is 8.75. The van der Waals surface area contributed by atoms with Crippen LogP contribution in [-0.2, 0) is 7.05 Å². The minimum Gasteiger partial charge on any atom is -0.339 e. The van der Waals surface area contributed by atoms with E-state index >= 15 is 0 Å². The van der Waals surface area contributed by atoms with Crippen LogP contribution in [0.2, 0.25) is 0 Å². The van der Waals surface area contributed by atoms with Crippen molar-refractivity contribution >= 4 is 28.2 Å². The van der Waals surface area contributed by atoms with Crippen molar-refractivity contribution in [1.29, 1.82) is 5.41 Å². The molecule has 0 aliphatic carbocycles. The Hall–Kier alpha value is -3.66. The Morgan fingerprint density at radius 1 is 0.852 bits per heavy atom. The van der Waals surface area contributed by atoms with Gasteiger partial charge in [0.25, 0.3) is 5.91 Å². The average molecular weight is 353 g/mol. The molecule has 0 fully saturated rings. The Kier molecular flexibility index (Phi) is 4.30. The Balaban J connectivity index is 1.88. The second-order valence-corrected chi connectivity index (χ2v) is 6.36. The number of nitrogens with zero attached hydrogens (tertiary/aromatic N) is 1. The van der Waals surface area contributed by atoms with Gasteiger partial charge in [0.2, 0.25) is 0 Å². The number of aromatic nitrogens is 1. The molecule has 0 aliphatic rings. The second kappa shape index (κ2) is 6.92. The van der Waals surface area contributed by atoms with Crippen LogP contribution in [0.1, 0.15) is 21.6 Å². The fourth-order valence-electron chi connectivity index (χ4n) is 3.37. The Labute approximate surface area is 157 Å². The van der Waals surface area contributed by atoms with Crippen molar-refractivity contribution in [3.05, 3.63) is 102 Å². The summed E-state index contributed by atoms with van der Waals surface area (Å²) in [6.45, 7) is 0. The van der Waals surface area contributed by atoms with E-state index in [9.17, 15) is 4.79 Å². The van der Waals surface area contributed by atoms with Gasteiger partial charge in [-0.1, -0.05) is 66.7 Å². The zero-order valence-corrected chi connectivity index (χ0v) is 14.9. The van der Waals surface area contributed by atoms with E-state index in [1.54, 1.807) is 0 Å². The third-order valence-electron chi connectivity index (χ3n) is 4.67. The molecule has 4 rings (SSSR count). The maximum Gasteiger partial charge on any atom is 0.273 e. The molecular formula is C23H19N3O. The first kappa shape index (κ1) is 16.8. The van der Waals surface area contributed by atoms with Crippen molar-refractivity contribution in [2.45, 2.75) is 0 Å². The summed E-state index contributed by atoms with van der Waals surface area (Å²) in [5.41, 5.74) is 3.89. The lowest BCUT2D eigenvalue weighted by Gasteiger charge is -2.10. The third kappa shape index (κ3) is 3.02. The number of amides is 1. The van der Waals surface area contributed by atoms with Crippen LogP contribution in [0.5, 0.6) is 0 Å². The molecule has 4 heteroatoms. The smallest absolute Gasteiger partial charge is 0.273 e. The highest BCUT2D eigenvalue weighted by Gasteiger charge is 2.24. The number of carbonyl (C=O) groups is 1. The number of benzene rings is 3. The lowest BCUT2D eigenvalue weighted by Crippen LogP contribution is -2.19. The summed E-state index contributed by atoms with van der Waals surface area (Å²) in [5, 5.41) is 12.6. The molecule has 27 heavy (non-hydrogen) atoms. The summed E-state index contributed by atoms with van der Waals surface area (Å²) >= 11 is 0. The van der Waals surface area contributed by atoms with Crippen molar-refractivity contribution in [2.75, 3.05) is 5.32 Å². The summed E-state index contributed by atoms with van der Waals surface area (Å²) < 4.78 is 1.86.